The number of nitrogens with two attached hydrogens (primary N) is 1. The molecule has 0 radical (unpaired) electrons. The van der Waals surface area contributed by atoms with Crippen molar-refractivity contribution >= 4 is 5.78 Å². The van der Waals surface area contributed by atoms with E-state index < -0.39 is 75.3 Å². The number of carbonyl (C=O) groups excluding carboxylic acids is 1. The molecule has 2 rings (SSSR count). The van der Waals surface area contributed by atoms with E-state index in [1.807, 2.05) is 13.8 Å². The van der Waals surface area contributed by atoms with Gasteiger partial charge in [-0.15, -0.1) is 12.8 Å². The topological polar surface area (TPSA) is 194 Å². The van der Waals surface area contributed by atoms with Crippen molar-refractivity contribution in [2.45, 2.75) is 96.2 Å². The number of ether oxygens (including phenoxy) is 1. The van der Waals surface area contributed by atoms with Crippen LogP contribution in [0.3, 0.4) is 0 Å². The van der Waals surface area contributed by atoms with Crippen LogP contribution >= 0.6 is 0 Å². The Balaban J connectivity index is 0.00000722. The minimum absolute atomic E-state index is 0. The summed E-state index contributed by atoms with van der Waals surface area (Å²) in [5.41, 5.74) is 0.348. The summed E-state index contributed by atoms with van der Waals surface area (Å²) in [7, 11) is 0. The second-order valence-electron chi connectivity index (χ2n) is 11.3. The summed E-state index contributed by atoms with van der Waals surface area (Å²) in [4.78, 5) is 13.1. The minimum Gasteiger partial charge on any atom is -0.545 e. The zero-order chi connectivity index (χ0) is 28.7. The van der Waals surface area contributed by atoms with Gasteiger partial charge in [-0.2, -0.15) is 0 Å². The number of aliphatic hydroxyl groups is 7. The molecule has 11 heteroatoms. The van der Waals surface area contributed by atoms with E-state index in [1.54, 1.807) is 6.92 Å². The predicted octanol–water partition coefficient (Wildman–Crippen LogP) is 2.59. The van der Waals surface area contributed by atoms with Crippen molar-refractivity contribution in [3.8, 4) is 0 Å². The van der Waals surface area contributed by atoms with Crippen LogP contribution in [0.5, 0.6) is 0 Å². The fraction of sp³-hybridized carbons (Fsp3) is 0.704. The third-order valence-electron chi connectivity index (χ3n) is 8.09. The Morgan fingerprint density at radius 1 is 1.21 bits per heavy atom. The first kappa shape index (κ1) is 34.8. The molecular weight excluding hydrogens is 720 g/mol. The molecule has 0 aromatic carbocycles. The number of aliphatic hydroxyl groups excluding tert-OH is 3. The molecule has 0 aliphatic heterocycles. The molecule has 0 spiro atoms. The summed E-state index contributed by atoms with van der Waals surface area (Å²) >= 11 is 0. The van der Waals surface area contributed by atoms with Gasteiger partial charge in [0.2, 0.25) is 0 Å². The Bertz CT molecular complexity index is 970. The Labute approximate surface area is 248 Å². The first-order chi connectivity index (χ1) is 16.8. The molecule has 0 bridgehead atoms. The quantitative estimate of drug-likeness (QED) is 0.0672. The molecule has 38 heavy (non-hydrogen) atoms. The van der Waals surface area contributed by atoms with Crippen molar-refractivity contribution in [3.63, 3.8) is 0 Å². The number of allylic oxidation sites excluding steroid dienone is 1. The molecule has 2 aliphatic carbocycles. The Hall–Kier alpha value is -1.19. The second kappa shape index (κ2) is 12.1. The van der Waals surface area contributed by atoms with Crippen molar-refractivity contribution in [1.29, 1.82) is 0 Å². The van der Waals surface area contributed by atoms with Gasteiger partial charge < -0.3 is 46.2 Å². The van der Waals surface area contributed by atoms with Crippen LogP contribution in [-0.4, -0.2) is 70.7 Å². The maximum absolute atomic E-state index is 13.1. The molecule has 0 aromatic heterocycles. The standard InChI is InChI=1S/C27H44NO9.U/c1-8-24(6,33)19(29)13-18-26(28)17(10-9-11-37-15(4)12-14(2)3)25(7,34)23(32)22(31)20(26)21(30)16(5)27(18,35)36;/h14,17-18,30-36H,4,8-13,28H2,1-3,5-7H3;/q-1;/t17-,18+,24+,25-,26+;/m0./s1. The Morgan fingerprint density at radius 3 is 2.26 bits per heavy atom. The SMILES string of the molecule is C=C(CC(C)C)OCCC[C@@H]1[C@]2(N)C(=C(O)[C-](C)C(O)(O)[C@@H]2CC(=O)[C@](C)(O)CC)C(O)=C(O)[C@@]1(C)O.[U]. The van der Waals surface area contributed by atoms with Crippen LogP contribution in [-0.2, 0) is 9.53 Å². The molecule has 0 saturated heterocycles. The summed E-state index contributed by atoms with van der Waals surface area (Å²) in [5.74, 6) is -8.40. The van der Waals surface area contributed by atoms with Crippen molar-refractivity contribution < 1.29 is 76.4 Å². The second-order valence-corrected chi connectivity index (χ2v) is 11.3. The maximum Gasteiger partial charge on any atom is 0.164 e. The average molecular weight is 765 g/mol. The fourth-order valence-corrected chi connectivity index (χ4v) is 5.51. The molecule has 0 unspecified atom stereocenters. The largest absolute Gasteiger partial charge is 0.545 e. The van der Waals surface area contributed by atoms with Crippen LogP contribution in [0.15, 0.2) is 35.2 Å². The predicted molar refractivity (Wildman–Crippen MR) is 137 cm³/mol. The van der Waals surface area contributed by atoms with Crippen LogP contribution in [0.4, 0.5) is 0 Å². The summed E-state index contributed by atoms with van der Waals surface area (Å²) < 4.78 is 5.67. The van der Waals surface area contributed by atoms with E-state index in [4.69, 9.17) is 10.5 Å². The van der Waals surface area contributed by atoms with Gasteiger partial charge >= 0.3 is 0 Å². The van der Waals surface area contributed by atoms with Gasteiger partial charge in [-0.25, -0.2) is 0 Å². The molecule has 5 atom stereocenters. The van der Waals surface area contributed by atoms with E-state index in [1.165, 1.54) is 20.8 Å². The van der Waals surface area contributed by atoms with Gasteiger partial charge in [0.05, 0.1) is 18.1 Å². The third kappa shape index (κ3) is 6.09. The van der Waals surface area contributed by atoms with Gasteiger partial charge in [-0.3, -0.25) is 4.79 Å². The third-order valence-corrected chi connectivity index (χ3v) is 8.09. The number of fused-ring (bicyclic) bond motifs is 1. The van der Waals surface area contributed by atoms with Crippen molar-refractivity contribution in [1.82, 2.24) is 0 Å². The van der Waals surface area contributed by atoms with E-state index in [2.05, 4.69) is 6.58 Å². The van der Waals surface area contributed by atoms with E-state index in [0.717, 1.165) is 0 Å². The van der Waals surface area contributed by atoms with Gasteiger partial charge in [-0.05, 0) is 50.3 Å². The summed E-state index contributed by atoms with van der Waals surface area (Å²) in [6, 6.07) is 0. The summed E-state index contributed by atoms with van der Waals surface area (Å²) in [5, 5.41) is 76.8. The molecule has 0 heterocycles. The first-order valence-electron chi connectivity index (χ1n) is 12.7. The Morgan fingerprint density at radius 2 is 1.76 bits per heavy atom. The number of hydrogen-bond acceptors (Lipinski definition) is 10. The summed E-state index contributed by atoms with van der Waals surface area (Å²) in [6.45, 7) is 13.4. The molecule has 216 valence electrons. The van der Waals surface area contributed by atoms with Crippen molar-refractivity contribution in [2.75, 3.05) is 6.61 Å². The van der Waals surface area contributed by atoms with Crippen LogP contribution in [0, 0.1) is 54.8 Å². The zero-order valence-electron chi connectivity index (χ0n) is 23.2. The van der Waals surface area contributed by atoms with Crippen LogP contribution in [0.2, 0.25) is 0 Å². The summed E-state index contributed by atoms with van der Waals surface area (Å²) in [6.07, 6.45) is 0.353. The number of carbonyl (C=O) groups is 1. The Kier molecular flexibility index (Phi) is 11.1. The average Bonchev–Trinajstić information content (AvgIpc) is 2.78. The monoisotopic (exact) mass is 764 g/mol. The smallest absolute Gasteiger partial charge is 0.164 e. The number of hydrogen-bond donors (Lipinski definition) is 8. The van der Waals surface area contributed by atoms with Gasteiger partial charge in [0.1, 0.15) is 22.7 Å². The molecule has 9 N–H and O–H groups in total. The minimum atomic E-state index is -2.84. The van der Waals surface area contributed by atoms with Gasteiger partial charge in [0.15, 0.2) is 5.78 Å². The van der Waals surface area contributed by atoms with Crippen LogP contribution in [0.1, 0.15) is 73.6 Å². The number of Topliss-reactive ketones (excluding diaryl/α,β-unsaturated/α-hetero) is 1. The van der Waals surface area contributed by atoms with Crippen LogP contribution in [0.25, 0.3) is 0 Å². The van der Waals surface area contributed by atoms with Gasteiger partial charge in [0, 0.05) is 55.8 Å². The zero-order valence-corrected chi connectivity index (χ0v) is 27.4. The van der Waals surface area contributed by atoms with E-state index in [-0.39, 0.29) is 57.0 Å². The molecule has 0 fully saturated rings. The molecule has 2 aliphatic rings. The van der Waals surface area contributed by atoms with Gasteiger partial charge in [0.25, 0.3) is 0 Å². The molecule has 0 aromatic rings. The van der Waals surface area contributed by atoms with Crippen molar-refractivity contribution in [3.05, 3.63) is 41.1 Å². The number of ketones is 1. The van der Waals surface area contributed by atoms with E-state index >= 15 is 0 Å². The van der Waals surface area contributed by atoms with E-state index in [9.17, 15) is 40.5 Å². The fourth-order valence-electron chi connectivity index (χ4n) is 5.51. The first-order valence-corrected chi connectivity index (χ1v) is 12.7. The van der Waals surface area contributed by atoms with Gasteiger partial charge in [-0.1, -0.05) is 32.9 Å². The molecular formula is C27H44NO9U-. The number of rotatable bonds is 11. The van der Waals surface area contributed by atoms with Crippen molar-refractivity contribution in [2.24, 2.45) is 23.5 Å². The molecule has 0 saturated carbocycles. The molecule has 10 nitrogen and oxygen atoms in total. The normalized spacial score (nSPS) is 30.5. The van der Waals surface area contributed by atoms with Crippen LogP contribution < -0.4 is 5.73 Å². The maximum atomic E-state index is 13.1. The van der Waals surface area contributed by atoms with E-state index in [0.29, 0.717) is 18.1 Å². The molecule has 0 amide bonds.